The molecule has 0 spiro atoms. The Kier molecular flexibility index (Phi) is 6.19. The predicted octanol–water partition coefficient (Wildman–Crippen LogP) is 4.74. The van der Waals surface area contributed by atoms with Crippen molar-refractivity contribution in [3.8, 4) is 5.75 Å². The van der Waals surface area contributed by atoms with Crippen LogP contribution in [0.5, 0.6) is 5.75 Å². The summed E-state index contributed by atoms with van der Waals surface area (Å²) in [6, 6.07) is 6.08. The molecule has 4 heteroatoms. The van der Waals surface area contributed by atoms with Gasteiger partial charge in [-0.05, 0) is 42.0 Å². The Morgan fingerprint density at radius 3 is 2.70 bits per heavy atom. The van der Waals surface area contributed by atoms with Crippen molar-refractivity contribution < 1.29 is 4.74 Å². The molecule has 1 aliphatic rings. The molecule has 2 rings (SSSR count). The molecule has 1 saturated carbocycles. The van der Waals surface area contributed by atoms with Gasteiger partial charge in [0.05, 0.1) is 7.11 Å². The van der Waals surface area contributed by atoms with Gasteiger partial charge in [0.1, 0.15) is 5.75 Å². The van der Waals surface area contributed by atoms with E-state index < -0.39 is 0 Å². The molecule has 0 aromatic heterocycles. The molecule has 0 unspecified atom stereocenters. The number of ether oxygens (including phenoxy) is 1. The molecule has 0 aliphatic heterocycles. The molecule has 0 saturated heterocycles. The molecule has 1 aliphatic carbocycles. The van der Waals surface area contributed by atoms with Crippen molar-refractivity contribution in [2.24, 2.45) is 5.41 Å². The minimum absolute atomic E-state index is 0.297. The van der Waals surface area contributed by atoms with Crippen LogP contribution in [0.3, 0.4) is 0 Å². The van der Waals surface area contributed by atoms with E-state index in [2.05, 4.69) is 27.3 Å². The summed E-state index contributed by atoms with van der Waals surface area (Å²) >= 11 is 9.82. The van der Waals surface area contributed by atoms with Crippen LogP contribution in [0.15, 0.2) is 22.7 Å². The van der Waals surface area contributed by atoms with E-state index in [0.29, 0.717) is 5.41 Å². The Balaban J connectivity index is 1.91. The third-order valence-electron chi connectivity index (χ3n) is 4.27. The van der Waals surface area contributed by atoms with Crippen LogP contribution >= 0.6 is 27.5 Å². The lowest BCUT2D eigenvalue weighted by atomic mass is 9.75. The zero-order chi connectivity index (χ0) is 14.4. The Bertz CT molecular complexity index is 432. The van der Waals surface area contributed by atoms with Crippen LogP contribution in [0, 0.1) is 5.41 Å². The molecular formula is C16H23BrClNO. The second kappa shape index (κ2) is 7.67. The Morgan fingerprint density at radius 1 is 1.30 bits per heavy atom. The summed E-state index contributed by atoms with van der Waals surface area (Å²) < 4.78 is 6.40. The number of hydrogen-bond donors (Lipinski definition) is 1. The number of benzene rings is 1. The van der Waals surface area contributed by atoms with E-state index in [1.165, 1.54) is 37.7 Å². The molecule has 2 nitrogen and oxygen atoms in total. The number of nitrogens with one attached hydrogen (secondary N) is 1. The molecule has 112 valence electrons. The first kappa shape index (κ1) is 16.1. The summed E-state index contributed by atoms with van der Waals surface area (Å²) in [5, 5.41) is 3.59. The molecule has 0 amide bonds. The Hall–Kier alpha value is -0.250. The molecule has 0 heterocycles. The summed E-state index contributed by atoms with van der Waals surface area (Å²) in [6.07, 6.45) is 6.50. The van der Waals surface area contributed by atoms with Gasteiger partial charge in [0.25, 0.3) is 0 Å². The van der Waals surface area contributed by atoms with E-state index in [0.717, 1.165) is 29.2 Å². The maximum absolute atomic E-state index is 6.23. The third-order valence-corrected chi connectivity index (χ3v) is 5.61. The van der Waals surface area contributed by atoms with Gasteiger partial charge in [-0.3, -0.25) is 0 Å². The Morgan fingerprint density at radius 2 is 2.05 bits per heavy atom. The minimum Gasteiger partial charge on any atom is -0.497 e. The molecule has 1 aromatic rings. The number of alkyl halides is 1. The maximum Gasteiger partial charge on any atom is 0.119 e. The average Bonchev–Trinajstić information content (AvgIpc) is 2.50. The van der Waals surface area contributed by atoms with Gasteiger partial charge >= 0.3 is 0 Å². The zero-order valence-electron chi connectivity index (χ0n) is 12.1. The maximum atomic E-state index is 6.23. The van der Waals surface area contributed by atoms with Crippen molar-refractivity contribution in [1.82, 2.24) is 5.32 Å². The summed E-state index contributed by atoms with van der Waals surface area (Å²) in [4.78, 5) is 0. The van der Waals surface area contributed by atoms with Gasteiger partial charge < -0.3 is 10.1 Å². The lowest BCUT2D eigenvalue weighted by Crippen LogP contribution is -2.37. The van der Waals surface area contributed by atoms with Crippen molar-refractivity contribution in [2.45, 2.75) is 38.6 Å². The van der Waals surface area contributed by atoms with Crippen molar-refractivity contribution in [1.29, 1.82) is 0 Å². The van der Waals surface area contributed by atoms with E-state index in [4.69, 9.17) is 16.3 Å². The third kappa shape index (κ3) is 4.12. The van der Waals surface area contributed by atoms with E-state index in [-0.39, 0.29) is 0 Å². The number of halogens is 2. The van der Waals surface area contributed by atoms with Crippen LogP contribution in [-0.2, 0) is 6.54 Å². The quantitative estimate of drug-likeness (QED) is 0.740. The highest BCUT2D eigenvalue weighted by molar-refractivity contribution is 9.10. The lowest BCUT2D eigenvalue weighted by molar-refractivity contribution is 0.212. The van der Waals surface area contributed by atoms with Crippen LogP contribution in [0.4, 0.5) is 0 Å². The van der Waals surface area contributed by atoms with Crippen LogP contribution in [0.25, 0.3) is 0 Å². The van der Waals surface area contributed by atoms with Crippen molar-refractivity contribution in [3.05, 3.63) is 28.2 Å². The second-order valence-electron chi connectivity index (χ2n) is 5.76. The molecule has 0 bridgehead atoms. The van der Waals surface area contributed by atoms with Crippen molar-refractivity contribution in [2.75, 3.05) is 19.5 Å². The summed E-state index contributed by atoms with van der Waals surface area (Å²) in [5.41, 5.74) is 1.52. The van der Waals surface area contributed by atoms with E-state index in [1.807, 2.05) is 12.1 Å². The van der Waals surface area contributed by atoms with E-state index in [9.17, 15) is 0 Å². The van der Waals surface area contributed by atoms with Gasteiger partial charge in [-0.1, -0.05) is 35.2 Å². The van der Waals surface area contributed by atoms with Gasteiger partial charge in [-0.15, -0.1) is 11.6 Å². The number of methoxy groups -OCH3 is 1. The van der Waals surface area contributed by atoms with Crippen LogP contribution in [-0.4, -0.2) is 19.5 Å². The highest BCUT2D eigenvalue weighted by Crippen LogP contribution is 2.36. The molecule has 0 atom stereocenters. The summed E-state index contributed by atoms with van der Waals surface area (Å²) in [5.74, 6) is 1.66. The minimum atomic E-state index is 0.297. The molecule has 1 fully saturated rings. The van der Waals surface area contributed by atoms with E-state index >= 15 is 0 Å². The molecule has 1 N–H and O–H groups in total. The van der Waals surface area contributed by atoms with Gasteiger partial charge in [0.2, 0.25) is 0 Å². The highest BCUT2D eigenvalue weighted by Gasteiger charge is 2.30. The van der Waals surface area contributed by atoms with E-state index in [1.54, 1.807) is 7.11 Å². The fraction of sp³-hybridized carbons (Fsp3) is 0.625. The first-order chi connectivity index (χ1) is 9.69. The van der Waals surface area contributed by atoms with Gasteiger partial charge in [-0.25, -0.2) is 0 Å². The first-order valence-corrected chi connectivity index (χ1v) is 8.61. The lowest BCUT2D eigenvalue weighted by Gasteiger charge is -2.35. The molecular weight excluding hydrogens is 338 g/mol. The van der Waals surface area contributed by atoms with Crippen LogP contribution < -0.4 is 10.1 Å². The molecule has 1 aromatic carbocycles. The average molecular weight is 361 g/mol. The molecule has 20 heavy (non-hydrogen) atoms. The SMILES string of the molecule is COc1ccc(Br)c(CNCC2(CCl)CCCCC2)c1. The number of hydrogen-bond acceptors (Lipinski definition) is 2. The normalized spacial score (nSPS) is 17.9. The van der Waals surface area contributed by atoms with Gasteiger partial charge in [0, 0.05) is 23.4 Å². The number of rotatable bonds is 6. The van der Waals surface area contributed by atoms with Gasteiger partial charge in [0.15, 0.2) is 0 Å². The monoisotopic (exact) mass is 359 g/mol. The standard InChI is InChI=1S/C16H23BrClNO/c1-20-14-5-6-15(17)13(9-14)10-19-12-16(11-18)7-3-2-4-8-16/h5-6,9,19H,2-4,7-8,10-12H2,1H3. The fourth-order valence-electron chi connectivity index (χ4n) is 2.94. The van der Waals surface area contributed by atoms with Crippen molar-refractivity contribution >= 4 is 27.5 Å². The van der Waals surface area contributed by atoms with Gasteiger partial charge in [-0.2, -0.15) is 0 Å². The van der Waals surface area contributed by atoms with Crippen LogP contribution in [0.1, 0.15) is 37.7 Å². The zero-order valence-corrected chi connectivity index (χ0v) is 14.4. The Labute approximate surface area is 135 Å². The second-order valence-corrected chi connectivity index (χ2v) is 6.88. The fourth-order valence-corrected chi connectivity index (χ4v) is 3.68. The largest absolute Gasteiger partial charge is 0.497 e. The topological polar surface area (TPSA) is 21.3 Å². The van der Waals surface area contributed by atoms with Crippen molar-refractivity contribution in [3.63, 3.8) is 0 Å². The highest BCUT2D eigenvalue weighted by atomic mass is 79.9. The molecule has 0 radical (unpaired) electrons. The van der Waals surface area contributed by atoms with Crippen LogP contribution in [0.2, 0.25) is 0 Å². The summed E-state index contributed by atoms with van der Waals surface area (Å²) in [7, 11) is 1.70. The smallest absolute Gasteiger partial charge is 0.119 e. The first-order valence-electron chi connectivity index (χ1n) is 7.28. The predicted molar refractivity (Wildman–Crippen MR) is 88.6 cm³/mol. The summed E-state index contributed by atoms with van der Waals surface area (Å²) in [6.45, 7) is 1.84.